The second kappa shape index (κ2) is 8.39. The number of benzene rings is 1. The summed E-state index contributed by atoms with van der Waals surface area (Å²) in [5.41, 5.74) is 2.28. The molecule has 5 heteroatoms. The van der Waals surface area contributed by atoms with Crippen molar-refractivity contribution < 1.29 is 13.7 Å². The molecule has 0 saturated carbocycles. The molecule has 112 valence electrons. The maximum Gasteiger partial charge on any atom is 0.0718 e. The molecule has 1 aromatic carbocycles. The SMILES string of the molecule is COCCOCc1cccc(NC2CCS(=O)CC2)c1. The predicted molar refractivity (Wildman–Crippen MR) is 82.5 cm³/mol. The number of methoxy groups -OCH3 is 1. The highest BCUT2D eigenvalue weighted by Gasteiger charge is 2.17. The lowest BCUT2D eigenvalue weighted by atomic mass is 10.1. The highest BCUT2D eigenvalue weighted by molar-refractivity contribution is 7.85. The molecule has 1 aromatic rings. The Kier molecular flexibility index (Phi) is 6.50. The minimum atomic E-state index is -0.602. The summed E-state index contributed by atoms with van der Waals surface area (Å²) in [6.45, 7) is 1.84. The zero-order chi connectivity index (χ0) is 14.2. The molecule has 0 atom stereocenters. The van der Waals surface area contributed by atoms with E-state index in [0.717, 1.165) is 35.6 Å². The first kappa shape index (κ1) is 15.5. The monoisotopic (exact) mass is 297 g/mol. The van der Waals surface area contributed by atoms with Crippen LogP contribution in [0.2, 0.25) is 0 Å². The molecule has 0 radical (unpaired) electrons. The van der Waals surface area contributed by atoms with E-state index in [2.05, 4.69) is 23.5 Å². The van der Waals surface area contributed by atoms with E-state index in [4.69, 9.17) is 9.47 Å². The summed E-state index contributed by atoms with van der Waals surface area (Å²) < 4.78 is 21.8. The van der Waals surface area contributed by atoms with Crippen molar-refractivity contribution in [1.82, 2.24) is 0 Å². The lowest BCUT2D eigenvalue weighted by molar-refractivity contribution is 0.0617. The summed E-state index contributed by atoms with van der Waals surface area (Å²) >= 11 is 0. The minimum Gasteiger partial charge on any atom is -0.382 e. The molecule has 1 fully saturated rings. The number of hydrogen-bond donors (Lipinski definition) is 1. The number of anilines is 1. The van der Waals surface area contributed by atoms with Crippen molar-refractivity contribution in [3.05, 3.63) is 29.8 Å². The van der Waals surface area contributed by atoms with Gasteiger partial charge in [-0.05, 0) is 30.5 Å². The highest BCUT2D eigenvalue weighted by Crippen LogP contribution is 2.18. The first-order valence-electron chi connectivity index (χ1n) is 7.05. The van der Waals surface area contributed by atoms with Crippen molar-refractivity contribution in [2.24, 2.45) is 0 Å². The van der Waals surface area contributed by atoms with E-state index in [1.54, 1.807) is 7.11 Å². The summed E-state index contributed by atoms with van der Waals surface area (Å²) in [5, 5.41) is 3.53. The van der Waals surface area contributed by atoms with Gasteiger partial charge in [0, 0.05) is 41.1 Å². The van der Waals surface area contributed by atoms with Gasteiger partial charge in [-0.2, -0.15) is 0 Å². The van der Waals surface area contributed by atoms with Crippen molar-refractivity contribution in [2.45, 2.75) is 25.5 Å². The van der Waals surface area contributed by atoms with Crippen molar-refractivity contribution >= 4 is 16.5 Å². The van der Waals surface area contributed by atoms with Gasteiger partial charge in [-0.1, -0.05) is 12.1 Å². The van der Waals surface area contributed by atoms with Crippen LogP contribution in [-0.4, -0.2) is 42.1 Å². The molecule has 0 spiro atoms. The minimum absolute atomic E-state index is 0.442. The van der Waals surface area contributed by atoms with E-state index in [9.17, 15) is 4.21 Å². The summed E-state index contributed by atoms with van der Waals surface area (Å²) in [7, 11) is 1.07. The van der Waals surface area contributed by atoms with Gasteiger partial charge in [0.05, 0.1) is 19.8 Å². The third kappa shape index (κ3) is 5.23. The maximum atomic E-state index is 11.3. The molecule has 20 heavy (non-hydrogen) atoms. The number of ether oxygens (including phenoxy) is 2. The topological polar surface area (TPSA) is 47.6 Å². The zero-order valence-corrected chi connectivity index (χ0v) is 12.8. The Labute approximate surface area is 123 Å². The average molecular weight is 297 g/mol. The van der Waals surface area contributed by atoms with Crippen molar-refractivity contribution in [1.29, 1.82) is 0 Å². The van der Waals surface area contributed by atoms with Gasteiger partial charge in [-0.25, -0.2) is 0 Å². The summed E-state index contributed by atoms with van der Waals surface area (Å²) in [4.78, 5) is 0. The first-order chi connectivity index (χ1) is 9.78. The van der Waals surface area contributed by atoms with Crippen LogP contribution in [-0.2, 0) is 26.9 Å². The molecule has 2 rings (SSSR count). The molecular weight excluding hydrogens is 274 g/mol. The van der Waals surface area contributed by atoms with Gasteiger partial charge in [-0.3, -0.25) is 4.21 Å². The van der Waals surface area contributed by atoms with Crippen molar-refractivity contribution in [3.8, 4) is 0 Å². The predicted octanol–water partition coefficient (Wildman–Crippen LogP) is 2.17. The summed E-state index contributed by atoms with van der Waals surface area (Å²) in [6.07, 6.45) is 1.97. The van der Waals surface area contributed by atoms with Crippen LogP contribution in [0.4, 0.5) is 5.69 Å². The fourth-order valence-corrected chi connectivity index (χ4v) is 3.56. The number of rotatable bonds is 7. The van der Waals surface area contributed by atoms with Crippen LogP contribution < -0.4 is 5.32 Å². The third-order valence-corrected chi connectivity index (χ3v) is 4.77. The van der Waals surface area contributed by atoms with E-state index in [0.29, 0.717) is 25.9 Å². The standard InChI is InChI=1S/C15H23NO3S/c1-18-7-8-19-12-13-3-2-4-15(11-13)16-14-5-9-20(17)10-6-14/h2-4,11,14,16H,5-10,12H2,1H3. The molecule has 1 saturated heterocycles. The molecule has 0 unspecified atom stereocenters. The van der Waals surface area contributed by atoms with Crippen LogP contribution in [0.15, 0.2) is 24.3 Å². The maximum absolute atomic E-state index is 11.3. The molecule has 1 heterocycles. The second-order valence-corrected chi connectivity index (χ2v) is 6.71. The largest absolute Gasteiger partial charge is 0.382 e. The molecule has 0 aliphatic carbocycles. The second-order valence-electron chi connectivity index (χ2n) is 5.01. The Hall–Kier alpha value is -0.910. The molecular formula is C15H23NO3S. The fraction of sp³-hybridized carbons (Fsp3) is 0.600. The lowest BCUT2D eigenvalue weighted by Crippen LogP contribution is -2.29. The van der Waals surface area contributed by atoms with Crippen LogP contribution in [0, 0.1) is 0 Å². The number of nitrogens with one attached hydrogen (secondary N) is 1. The van der Waals surface area contributed by atoms with Crippen molar-refractivity contribution in [2.75, 3.05) is 37.1 Å². The fourth-order valence-electron chi connectivity index (χ4n) is 2.26. The molecule has 0 amide bonds. The van der Waals surface area contributed by atoms with Crippen LogP contribution >= 0.6 is 0 Å². The third-order valence-electron chi connectivity index (χ3n) is 3.39. The molecule has 1 aliphatic rings. The van der Waals surface area contributed by atoms with Crippen LogP contribution in [0.25, 0.3) is 0 Å². The Morgan fingerprint density at radius 1 is 1.30 bits per heavy atom. The Bertz CT molecular complexity index is 429. The van der Waals surface area contributed by atoms with E-state index < -0.39 is 10.8 Å². The molecule has 0 bridgehead atoms. The molecule has 1 aliphatic heterocycles. The van der Waals surface area contributed by atoms with Gasteiger partial charge in [0.15, 0.2) is 0 Å². The van der Waals surface area contributed by atoms with Crippen molar-refractivity contribution in [3.63, 3.8) is 0 Å². The van der Waals surface area contributed by atoms with E-state index in [-0.39, 0.29) is 0 Å². The zero-order valence-electron chi connectivity index (χ0n) is 12.0. The summed E-state index contributed by atoms with van der Waals surface area (Å²) in [6, 6.07) is 8.74. The number of hydrogen-bond acceptors (Lipinski definition) is 4. The Morgan fingerprint density at radius 2 is 2.10 bits per heavy atom. The average Bonchev–Trinajstić information content (AvgIpc) is 2.47. The Balaban J connectivity index is 1.81. The van der Waals surface area contributed by atoms with Gasteiger partial charge in [0.25, 0.3) is 0 Å². The van der Waals surface area contributed by atoms with Crippen LogP contribution in [0.1, 0.15) is 18.4 Å². The van der Waals surface area contributed by atoms with Gasteiger partial charge < -0.3 is 14.8 Å². The lowest BCUT2D eigenvalue weighted by Gasteiger charge is -2.23. The van der Waals surface area contributed by atoms with Gasteiger partial charge in [0.2, 0.25) is 0 Å². The summed E-state index contributed by atoms with van der Waals surface area (Å²) in [5.74, 6) is 1.63. The Morgan fingerprint density at radius 3 is 2.85 bits per heavy atom. The molecule has 1 N–H and O–H groups in total. The molecule has 0 aromatic heterocycles. The van der Waals surface area contributed by atoms with E-state index in [1.165, 1.54) is 0 Å². The normalized spacial score (nSPS) is 22.6. The van der Waals surface area contributed by atoms with Crippen LogP contribution in [0.5, 0.6) is 0 Å². The first-order valence-corrected chi connectivity index (χ1v) is 8.54. The molecule has 4 nitrogen and oxygen atoms in total. The van der Waals surface area contributed by atoms with E-state index >= 15 is 0 Å². The quantitative estimate of drug-likeness (QED) is 0.784. The smallest absolute Gasteiger partial charge is 0.0718 e. The van der Waals surface area contributed by atoms with Gasteiger partial charge in [0.1, 0.15) is 0 Å². The van der Waals surface area contributed by atoms with Gasteiger partial charge >= 0.3 is 0 Å². The highest BCUT2D eigenvalue weighted by atomic mass is 32.2. The van der Waals surface area contributed by atoms with E-state index in [1.807, 2.05) is 6.07 Å². The van der Waals surface area contributed by atoms with Gasteiger partial charge in [-0.15, -0.1) is 0 Å². The van der Waals surface area contributed by atoms with Crippen LogP contribution in [0.3, 0.4) is 0 Å².